The number of pyridine rings is 2. The average molecular weight is 416 g/mol. The maximum Gasteiger partial charge on any atom is 0.240 e. The first-order valence-corrected chi connectivity index (χ1v) is 11.0. The van der Waals surface area contributed by atoms with Crippen molar-refractivity contribution in [2.75, 3.05) is 0 Å². The van der Waals surface area contributed by atoms with Gasteiger partial charge in [0, 0.05) is 30.7 Å². The second-order valence-corrected chi connectivity index (χ2v) is 8.73. The van der Waals surface area contributed by atoms with E-state index in [0.29, 0.717) is 0 Å². The Balaban J connectivity index is 1.53. The quantitative estimate of drug-likeness (QED) is 0.500. The van der Waals surface area contributed by atoms with Crippen molar-refractivity contribution in [1.82, 2.24) is 14.7 Å². The summed E-state index contributed by atoms with van der Waals surface area (Å²) in [5.74, 6) is 0. The fourth-order valence-electron chi connectivity index (χ4n) is 3.26. The lowest BCUT2D eigenvalue weighted by Crippen LogP contribution is -2.23. The predicted octanol–water partition coefficient (Wildman–Crippen LogP) is 4.60. The van der Waals surface area contributed by atoms with Crippen LogP contribution >= 0.6 is 0 Å². The van der Waals surface area contributed by atoms with Gasteiger partial charge in [0.05, 0.1) is 10.6 Å². The zero-order valence-corrected chi connectivity index (χ0v) is 17.3. The zero-order valence-electron chi connectivity index (χ0n) is 16.5. The second kappa shape index (κ2) is 8.57. The van der Waals surface area contributed by atoms with E-state index in [1.807, 2.05) is 55.5 Å². The van der Waals surface area contributed by atoms with E-state index in [0.717, 1.165) is 33.5 Å². The number of aromatic nitrogens is 2. The number of aryl methyl sites for hydroxylation is 1. The predicted molar refractivity (Wildman–Crippen MR) is 118 cm³/mol. The van der Waals surface area contributed by atoms with Crippen LogP contribution in [0.25, 0.3) is 22.4 Å². The zero-order chi connectivity index (χ0) is 21.0. The van der Waals surface area contributed by atoms with Crippen molar-refractivity contribution in [3.63, 3.8) is 0 Å². The van der Waals surface area contributed by atoms with Crippen LogP contribution in [0.3, 0.4) is 0 Å². The van der Waals surface area contributed by atoms with E-state index in [4.69, 9.17) is 0 Å². The maximum absolute atomic E-state index is 12.8. The molecule has 0 saturated heterocycles. The third kappa shape index (κ3) is 4.45. The van der Waals surface area contributed by atoms with Crippen LogP contribution in [0, 0.1) is 6.92 Å². The highest BCUT2D eigenvalue weighted by Gasteiger charge is 2.15. The van der Waals surface area contributed by atoms with E-state index in [-0.39, 0.29) is 11.4 Å². The molecule has 0 aliphatic rings. The molecule has 5 nitrogen and oxygen atoms in total. The van der Waals surface area contributed by atoms with E-state index >= 15 is 0 Å². The summed E-state index contributed by atoms with van der Waals surface area (Å²) in [7, 11) is -3.65. The van der Waals surface area contributed by atoms with Gasteiger partial charge in [-0.05, 0) is 53.9 Å². The molecule has 150 valence electrons. The topological polar surface area (TPSA) is 72.0 Å². The van der Waals surface area contributed by atoms with Gasteiger partial charge in [-0.3, -0.25) is 9.97 Å². The van der Waals surface area contributed by atoms with Gasteiger partial charge in [-0.2, -0.15) is 0 Å². The van der Waals surface area contributed by atoms with Crippen molar-refractivity contribution in [3.05, 3.63) is 103 Å². The molecule has 0 amide bonds. The normalized spacial score (nSPS) is 11.4. The average Bonchev–Trinajstić information content (AvgIpc) is 2.79. The van der Waals surface area contributed by atoms with E-state index in [1.54, 1.807) is 36.8 Å². The number of sulfonamides is 1. The molecule has 2 aromatic carbocycles. The molecular weight excluding hydrogens is 394 g/mol. The largest absolute Gasteiger partial charge is 0.265 e. The van der Waals surface area contributed by atoms with Gasteiger partial charge in [-0.1, -0.05) is 48.0 Å². The van der Waals surface area contributed by atoms with E-state index < -0.39 is 10.0 Å². The van der Waals surface area contributed by atoms with Gasteiger partial charge in [0.15, 0.2) is 0 Å². The molecule has 0 spiro atoms. The van der Waals surface area contributed by atoms with Crippen LogP contribution in [0.5, 0.6) is 0 Å². The van der Waals surface area contributed by atoms with Crippen molar-refractivity contribution in [2.45, 2.75) is 18.4 Å². The smallest absolute Gasteiger partial charge is 0.240 e. The van der Waals surface area contributed by atoms with Gasteiger partial charge in [0.25, 0.3) is 0 Å². The number of rotatable bonds is 6. The molecule has 0 aliphatic carbocycles. The Kier molecular flexibility index (Phi) is 5.70. The summed E-state index contributed by atoms with van der Waals surface area (Å²) in [6.07, 6.45) is 5.07. The number of hydrogen-bond donors (Lipinski definition) is 1. The van der Waals surface area contributed by atoms with Gasteiger partial charge in [-0.25, -0.2) is 13.1 Å². The summed E-state index contributed by atoms with van der Waals surface area (Å²) in [6, 6.07) is 22.4. The summed E-state index contributed by atoms with van der Waals surface area (Å²) in [5, 5.41) is 0. The molecule has 0 unspecified atom stereocenters. The third-order valence-electron chi connectivity index (χ3n) is 4.81. The lowest BCUT2D eigenvalue weighted by molar-refractivity contribution is 0.581. The molecule has 4 aromatic rings. The van der Waals surface area contributed by atoms with Crippen LogP contribution in [0.15, 0.2) is 96.3 Å². The third-order valence-corrected chi connectivity index (χ3v) is 6.23. The maximum atomic E-state index is 12.8. The lowest BCUT2D eigenvalue weighted by atomic mass is 10.0. The highest BCUT2D eigenvalue weighted by atomic mass is 32.2. The first kappa shape index (κ1) is 19.9. The van der Waals surface area contributed by atoms with Crippen molar-refractivity contribution >= 4 is 10.0 Å². The Labute approximate surface area is 176 Å². The van der Waals surface area contributed by atoms with Crippen molar-refractivity contribution < 1.29 is 8.42 Å². The Morgan fingerprint density at radius 2 is 1.57 bits per heavy atom. The Bertz CT molecular complexity index is 1260. The Hall–Kier alpha value is -3.35. The van der Waals surface area contributed by atoms with Crippen molar-refractivity contribution in [3.8, 4) is 22.4 Å². The number of nitrogens with one attached hydrogen (secondary N) is 1. The van der Waals surface area contributed by atoms with Crippen LogP contribution in [-0.2, 0) is 16.6 Å². The molecule has 2 aromatic heterocycles. The van der Waals surface area contributed by atoms with Crippen molar-refractivity contribution in [1.29, 1.82) is 0 Å². The number of nitrogens with zero attached hydrogens (tertiary/aromatic N) is 2. The minimum Gasteiger partial charge on any atom is -0.265 e. The molecule has 0 saturated carbocycles. The highest BCUT2D eigenvalue weighted by Crippen LogP contribution is 2.23. The molecule has 2 heterocycles. The minimum atomic E-state index is -3.65. The van der Waals surface area contributed by atoms with Gasteiger partial charge in [0.2, 0.25) is 10.0 Å². The molecule has 6 heteroatoms. The molecule has 0 bridgehead atoms. The van der Waals surface area contributed by atoms with Crippen LogP contribution in [0.4, 0.5) is 0 Å². The Morgan fingerprint density at radius 1 is 0.800 bits per heavy atom. The summed E-state index contributed by atoms with van der Waals surface area (Å²) in [5.41, 5.74) is 5.62. The van der Waals surface area contributed by atoms with Crippen LogP contribution < -0.4 is 4.72 Å². The monoisotopic (exact) mass is 415 g/mol. The van der Waals surface area contributed by atoms with Gasteiger partial charge >= 0.3 is 0 Å². The molecule has 1 N–H and O–H groups in total. The van der Waals surface area contributed by atoms with Crippen LogP contribution in [0.1, 0.15) is 11.1 Å². The first-order valence-electron chi connectivity index (χ1n) is 9.54. The van der Waals surface area contributed by atoms with Gasteiger partial charge < -0.3 is 0 Å². The number of benzene rings is 2. The minimum absolute atomic E-state index is 0.146. The first-order chi connectivity index (χ1) is 14.5. The van der Waals surface area contributed by atoms with Crippen molar-refractivity contribution in [2.24, 2.45) is 0 Å². The number of hydrogen-bond acceptors (Lipinski definition) is 4. The van der Waals surface area contributed by atoms with E-state index in [2.05, 4.69) is 20.8 Å². The molecule has 0 aliphatic heterocycles. The molecule has 0 radical (unpaired) electrons. The summed E-state index contributed by atoms with van der Waals surface area (Å²) in [6.45, 7) is 2.18. The second-order valence-electron chi connectivity index (χ2n) is 6.97. The van der Waals surface area contributed by atoms with E-state index in [1.165, 1.54) is 0 Å². The van der Waals surface area contributed by atoms with Crippen LogP contribution in [0.2, 0.25) is 0 Å². The fraction of sp³-hybridized carbons (Fsp3) is 0.0833. The highest BCUT2D eigenvalue weighted by molar-refractivity contribution is 7.89. The molecule has 4 rings (SSSR count). The fourth-order valence-corrected chi connectivity index (χ4v) is 4.26. The Morgan fingerprint density at radius 3 is 2.30 bits per heavy atom. The SMILES string of the molecule is Cc1cccc(-c2ccc(S(=O)(=O)NCc3cccnc3-c3ccncc3)cc2)c1. The molecule has 0 atom stereocenters. The van der Waals surface area contributed by atoms with Gasteiger partial charge in [0.1, 0.15) is 0 Å². The summed E-state index contributed by atoms with van der Waals surface area (Å²) >= 11 is 0. The molecule has 30 heavy (non-hydrogen) atoms. The summed E-state index contributed by atoms with van der Waals surface area (Å²) in [4.78, 5) is 8.66. The van der Waals surface area contributed by atoms with E-state index in [9.17, 15) is 8.42 Å². The molecule has 0 fully saturated rings. The lowest BCUT2D eigenvalue weighted by Gasteiger charge is -2.11. The summed E-state index contributed by atoms with van der Waals surface area (Å²) < 4.78 is 28.3. The van der Waals surface area contributed by atoms with Crippen LogP contribution in [-0.4, -0.2) is 18.4 Å². The van der Waals surface area contributed by atoms with Gasteiger partial charge in [-0.15, -0.1) is 0 Å². The standard InChI is InChI=1S/C24H21N3O2S/c1-18-4-2-5-21(16-18)19-7-9-23(10-8-19)30(28,29)27-17-22-6-3-13-26-24(22)20-11-14-25-15-12-20/h2-16,27H,17H2,1H3. The molecular formula is C24H21N3O2S.